The van der Waals surface area contributed by atoms with Gasteiger partial charge in [-0.15, -0.1) is 0 Å². The standard InChI is InChI=1S/C22H23NO3/c24-15-20(25)17-7-5-16(6-8-17)13-18-14-22(9-11-23-12-10-22)26-21-4-2-1-3-19(18)21/h1-8,13,23-24H,9-12,14-15H2. The largest absolute Gasteiger partial charge is 0.486 e. The van der Waals surface area contributed by atoms with Crippen molar-refractivity contribution in [2.45, 2.75) is 24.9 Å². The molecule has 1 spiro atoms. The maximum Gasteiger partial charge on any atom is 0.188 e. The molecule has 4 heteroatoms. The van der Waals surface area contributed by atoms with E-state index in [1.54, 1.807) is 12.1 Å². The maximum absolute atomic E-state index is 11.6. The molecule has 1 saturated heterocycles. The van der Waals surface area contributed by atoms with Gasteiger partial charge in [0.1, 0.15) is 18.0 Å². The third-order valence-corrected chi connectivity index (χ3v) is 5.30. The number of aliphatic hydroxyl groups excluding tert-OH is 1. The Hall–Kier alpha value is -2.43. The van der Waals surface area contributed by atoms with Gasteiger partial charge in [-0.1, -0.05) is 48.5 Å². The molecule has 0 radical (unpaired) electrons. The van der Waals surface area contributed by atoms with E-state index >= 15 is 0 Å². The third-order valence-electron chi connectivity index (χ3n) is 5.30. The van der Waals surface area contributed by atoms with E-state index in [1.807, 2.05) is 24.3 Å². The summed E-state index contributed by atoms with van der Waals surface area (Å²) in [5.74, 6) is 0.702. The topological polar surface area (TPSA) is 58.6 Å². The quantitative estimate of drug-likeness (QED) is 0.835. The van der Waals surface area contributed by atoms with Crippen molar-refractivity contribution in [3.05, 3.63) is 65.2 Å². The second-order valence-electron chi connectivity index (χ2n) is 7.08. The fourth-order valence-electron chi connectivity index (χ4n) is 3.88. The summed E-state index contributed by atoms with van der Waals surface area (Å²) in [6, 6.07) is 15.6. The number of nitrogens with one attached hydrogen (secondary N) is 1. The van der Waals surface area contributed by atoms with Gasteiger partial charge in [0.05, 0.1) is 0 Å². The minimum absolute atomic E-state index is 0.127. The second kappa shape index (κ2) is 7.06. The zero-order chi connectivity index (χ0) is 18.0. The number of hydrogen-bond acceptors (Lipinski definition) is 4. The number of benzene rings is 2. The lowest BCUT2D eigenvalue weighted by Crippen LogP contribution is -2.47. The van der Waals surface area contributed by atoms with Crippen molar-refractivity contribution < 1.29 is 14.6 Å². The first-order valence-corrected chi connectivity index (χ1v) is 9.13. The molecule has 0 aliphatic carbocycles. The molecule has 2 aliphatic rings. The first-order chi connectivity index (χ1) is 12.7. The van der Waals surface area contributed by atoms with E-state index in [-0.39, 0.29) is 11.4 Å². The van der Waals surface area contributed by atoms with Crippen molar-refractivity contribution in [3.8, 4) is 5.75 Å². The van der Waals surface area contributed by atoms with E-state index < -0.39 is 6.61 Å². The first-order valence-electron chi connectivity index (χ1n) is 9.13. The Balaban J connectivity index is 1.69. The molecule has 4 nitrogen and oxygen atoms in total. The van der Waals surface area contributed by atoms with Crippen molar-refractivity contribution in [2.75, 3.05) is 19.7 Å². The van der Waals surface area contributed by atoms with Gasteiger partial charge in [0.15, 0.2) is 5.78 Å². The number of para-hydroxylation sites is 1. The van der Waals surface area contributed by atoms with Gasteiger partial charge in [-0.05, 0) is 43.1 Å². The minimum atomic E-state index is -0.457. The molecule has 0 saturated carbocycles. The highest BCUT2D eigenvalue weighted by atomic mass is 16.5. The molecule has 0 unspecified atom stereocenters. The molecule has 2 heterocycles. The average molecular weight is 349 g/mol. The number of carbonyl (C=O) groups excluding carboxylic acids is 1. The van der Waals surface area contributed by atoms with Crippen LogP contribution in [0.4, 0.5) is 0 Å². The predicted molar refractivity (Wildman–Crippen MR) is 102 cm³/mol. The Labute approximate surface area is 153 Å². The number of hydrogen-bond donors (Lipinski definition) is 2. The number of ketones is 1. The molecule has 2 aromatic rings. The first kappa shape index (κ1) is 17.0. The van der Waals surface area contributed by atoms with Crippen LogP contribution < -0.4 is 10.1 Å². The van der Waals surface area contributed by atoms with Crippen molar-refractivity contribution in [2.24, 2.45) is 0 Å². The summed E-state index contributed by atoms with van der Waals surface area (Å²) in [6.45, 7) is 1.50. The predicted octanol–water partition coefficient (Wildman–Crippen LogP) is 3.31. The number of aliphatic hydroxyl groups is 1. The van der Waals surface area contributed by atoms with Crippen molar-refractivity contribution in [1.82, 2.24) is 5.32 Å². The minimum Gasteiger partial charge on any atom is -0.486 e. The molecule has 4 rings (SSSR count). The summed E-state index contributed by atoms with van der Waals surface area (Å²) in [4.78, 5) is 11.6. The molecule has 0 bridgehead atoms. The van der Waals surface area contributed by atoms with Crippen LogP contribution in [0.15, 0.2) is 48.5 Å². The highest BCUT2D eigenvalue weighted by molar-refractivity contribution is 5.97. The normalized spacial score (nSPS) is 19.8. The lowest BCUT2D eigenvalue weighted by molar-refractivity contribution is 0.0359. The molecule has 1 fully saturated rings. The molecule has 0 aromatic heterocycles. The van der Waals surface area contributed by atoms with Crippen molar-refractivity contribution in [1.29, 1.82) is 0 Å². The Morgan fingerprint density at radius 1 is 1.12 bits per heavy atom. The van der Waals surface area contributed by atoms with Gasteiger partial charge in [-0.3, -0.25) is 4.79 Å². The fourth-order valence-corrected chi connectivity index (χ4v) is 3.88. The number of carbonyl (C=O) groups is 1. The van der Waals surface area contributed by atoms with Crippen LogP contribution >= 0.6 is 0 Å². The van der Waals surface area contributed by atoms with Crippen LogP contribution in [0.3, 0.4) is 0 Å². The Morgan fingerprint density at radius 2 is 1.85 bits per heavy atom. The van der Waals surface area contributed by atoms with Crippen LogP contribution in [0.5, 0.6) is 5.75 Å². The molecule has 2 aromatic carbocycles. The number of ether oxygens (including phenoxy) is 1. The highest BCUT2D eigenvalue weighted by Gasteiger charge is 2.39. The summed E-state index contributed by atoms with van der Waals surface area (Å²) in [5.41, 5.74) is 3.88. The number of Topliss-reactive ketones (excluding diaryl/α,β-unsaturated/α-hetero) is 1. The molecule has 2 aliphatic heterocycles. The fraction of sp³-hybridized carbons (Fsp3) is 0.318. The van der Waals surface area contributed by atoms with Gasteiger partial charge in [-0.2, -0.15) is 0 Å². The van der Waals surface area contributed by atoms with Gasteiger partial charge in [-0.25, -0.2) is 0 Å². The molecule has 0 amide bonds. The molecule has 2 N–H and O–H groups in total. The summed E-state index contributed by atoms with van der Waals surface area (Å²) in [6.07, 6.45) is 5.09. The summed E-state index contributed by atoms with van der Waals surface area (Å²) >= 11 is 0. The van der Waals surface area contributed by atoms with Crippen LogP contribution in [0.1, 0.15) is 40.7 Å². The van der Waals surface area contributed by atoms with E-state index in [1.165, 1.54) is 5.57 Å². The number of piperidine rings is 1. The van der Waals surface area contributed by atoms with E-state index in [4.69, 9.17) is 9.84 Å². The lowest BCUT2D eigenvalue weighted by atomic mass is 9.80. The molecule has 26 heavy (non-hydrogen) atoms. The smallest absolute Gasteiger partial charge is 0.188 e. The van der Waals surface area contributed by atoms with Crippen LogP contribution in [-0.4, -0.2) is 36.2 Å². The van der Waals surface area contributed by atoms with Gasteiger partial charge < -0.3 is 15.2 Å². The Kier molecular flexibility index (Phi) is 4.62. The SMILES string of the molecule is O=C(CO)c1ccc(C=C2CC3(CCNCC3)Oc3ccccc32)cc1. The van der Waals surface area contributed by atoms with Crippen LogP contribution in [0.25, 0.3) is 11.6 Å². The van der Waals surface area contributed by atoms with E-state index in [2.05, 4.69) is 23.5 Å². The van der Waals surface area contributed by atoms with E-state index in [9.17, 15) is 4.79 Å². The summed E-state index contributed by atoms with van der Waals surface area (Å²) in [7, 11) is 0. The van der Waals surface area contributed by atoms with Crippen LogP contribution in [0.2, 0.25) is 0 Å². The molecule has 0 atom stereocenters. The van der Waals surface area contributed by atoms with Gasteiger partial charge in [0, 0.05) is 17.5 Å². The lowest BCUT2D eigenvalue weighted by Gasteiger charge is -2.42. The second-order valence-corrected chi connectivity index (χ2v) is 7.08. The number of fused-ring (bicyclic) bond motifs is 1. The molecular formula is C22H23NO3. The summed E-state index contributed by atoms with van der Waals surface area (Å²) < 4.78 is 6.44. The van der Waals surface area contributed by atoms with Crippen LogP contribution in [-0.2, 0) is 0 Å². The average Bonchev–Trinajstić information content (AvgIpc) is 2.68. The Bertz CT molecular complexity index is 833. The van der Waals surface area contributed by atoms with Gasteiger partial charge in [0.2, 0.25) is 0 Å². The van der Waals surface area contributed by atoms with Crippen molar-refractivity contribution >= 4 is 17.4 Å². The van der Waals surface area contributed by atoms with Crippen molar-refractivity contribution in [3.63, 3.8) is 0 Å². The number of rotatable bonds is 3. The zero-order valence-electron chi connectivity index (χ0n) is 14.7. The maximum atomic E-state index is 11.6. The zero-order valence-corrected chi connectivity index (χ0v) is 14.7. The van der Waals surface area contributed by atoms with Crippen LogP contribution in [0, 0.1) is 0 Å². The van der Waals surface area contributed by atoms with E-state index in [0.29, 0.717) is 5.56 Å². The highest BCUT2D eigenvalue weighted by Crippen LogP contribution is 2.44. The molecular weight excluding hydrogens is 326 g/mol. The summed E-state index contributed by atoms with van der Waals surface area (Å²) in [5, 5.41) is 12.4. The van der Waals surface area contributed by atoms with E-state index in [0.717, 1.165) is 49.2 Å². The monoisotopic (exact) mass is 349 g/mol. The third kappa shape index (κ3) is 3.30. The molecule has 134 valence electrons. The van der Waals surface area contributed by atoms with Gasteiger partial charge >= 0.3 is 0 Å². The van der Waals surface area contributed by atoms with Gasteiger partial charge in [0.25, 0.3) is 0 Å². The Morgan fingerprint density at radius 3 is 2.58 bits per heavy atom.